The molecule has 3 amide bonds. The van der Waals surface area contributed by atoms with Gasteiger partial charge in [-0.25, -0.2) is 14.8 Å². The Morgan fingerprint density at radius 3 is 2.32 bits per heavy atom. The van der Waals surface area contributed by atoms with Gasteiger partial charge in [0.25, 0.3) is 0 Å². The van der Waals surface area contributed by atoms with Gasteiger partial charge in [0.1, 0.15) is 17.7 Å². The Morgan fingerprint density at radius 2 is 1.64 bits per heavy atom. The lowest BCUT2D eigenvalue weighted by atomic mass is 10.1. The zero-order chi connectivity index (χ0) is 33.1. The van der Waals surface area contributed by atoms with Gasteiger partial charge in [0.2, 0.25) is 11.8 Å². The topological polar surface area (TPSA) is 162 Å². The first-order valence-corrected chi connectivity index (χ1v) is 16.1. The number of carbonyl (C=O) groups is 3. The predicted octanol–water partition coefficient (Wildman–Crippen LogP) is 4.16. The summed E-state index contributed by atoms with van der Waals surface area (Å²) < 4.78 is 4.69. The number of fused-ring (bicyclic) bond motifs is 1. The Balaban J connectivity index is 1.13. The fraction of sp³-hybridized carbons (Fsp3) is 0.400. The minimum absolute atomic E-state index is 0.0515. The minimum Gasteiger partial charge on any atom is -0.453 e. The van der Waals surface area contributed by atoms with E-state index in [2.05, 4.69) is 32.1 Å². The number of aromatic amines is 2. The van der Waals surface area contributed by atoms with E-state index >= 15 is 0 Å². The molecule has 0 aliphatic carbocycles. The van der Waals surface area contributed by atoms with Crippen molar-refractivity contribution in [1.29, 1.82) is 0 Å². The molecule has 4 aromatic rings. The van der Waals surface area contributed by atoms with Crippen LogP contribution in [-0.4, -0.2) is 79.9 Å². The van der Waals surface area contributed by atoms with Gasteiger partial charge in [-0.05, 0) is 74.9 Å². The summed E-state index contributed by atoms with van der Waals surface area (Å²) in [4.78, 5) is 57.4. The summed E-state index contributed by atoms with van der Waals surface area (Å²) in [6.07, 6.45) is 5.08. The van der Waals surface area contributed by atoms with Crippen molar-refractivity contribution in [3.05, 3.63) is 71.4 Å². The average molecular weight is 637 g/mol. The van der Waals surface area contributed by atoms with Crippen LogP contribution in [0.3, 0.4) is 0 Å². The molecule has 5 N–H and O–H groups in total. The first-order chi connectivity index (χ1) is 22.7. The summed E-state index contributed by atoms with van der Waals surface area (Å²) in [7, 11) is 1.28. The molecule has 4 heterocycles. The maximum absolute atomic E-state index is 13.3. The number of hydrogen-bond donors (Lipinski definition) is 4. The molecule has 2 aromatic carbocycles. The fourth-order valence-electron chi connectivity index (χ4n) is 6.43. The number of imidazole rings is 2. The van der Waals surface area contributed by atoms with E-state index in [4.69, 9.17) is 15.5 Å². The molecule has 6 rings (SSSR count). The molecule has 1 unspecified atom stereocenters. The molecule has 0 bridgehead atoms. The Hall–Kier alpha value is -5.15. The quantitative estimate of drug-likeness (QED) is 0.221. The number of nitrogens with zero attached hydrogens (tertiary/aromatic N) is 4. The monoisotopic (exact) mass is 636 g/mol. The van der Waals surface area contributed by atoms with Crippen LogP contribution in [0.1, 0.15) is 80.8 Å². The lowest BCUT2D eigenvalue weighted by molar-refractivity contribution is -0.134. The summed E-state index contributed by atoms with van der Waals surface area (Å²) in [5.74, 6) is 7.80. The van der Waals surface area contributed by atoms with E-state index in [1.165, 1.54) is 7.11 Å². The predicted molar refractivity (Wildman–Crippen MR) is 177 cm³/mol. The number of aromatic nitrogens is 4. The number of ether oxygens (including phenoxy) is 1. The van der Waals surface area contributed by atoms with Crippen LogP contribution in [0.25, 0.3) is 22.3 Å². The summed E-state index contributed by atoms with van der Waals surface area (Å²) in [6.45, 7) is 4.87. The molecular weight excluding hydrogens is 596 g/mol. The molecule has 2 aromatic heterocycles. The summed E-state index contributed by atoms with van der Waals surface area (Å²) in [5.41, 5.74) is 11.1. The normalized spacial score (nSPS) is 18.9. The Kier molecular flexibility index (Phi) is 9.26. The van der Waals surface area contributed by atoms with Crippen LogP contribution in [0.2, 0.25) is 0 Å². The first-order valence-electron chi connectivity index (χ1n) is 16.1. The van der Waals surface area contributed by atoms with E-state index in [1.54, 1.807) is 18.0 Å². The van der Waals surface area contributed by atoms with Crippen molar-refractivity contribution >= 4 is 28.9 Å². The van der Waals surface area contributed by atoms with E-state index in [0.29, 0.717) is 19.5 Å². The fourth-order valence-corrected chi connectivity index (χ4v) is 6.43. The smallest absolute Gasteiger partial charge is 0.407 e. The third kappa shape index (κ3) is 6.71. The zero-order valence-corrected chi connectivity index (χ0v) is 26.9. The zero-order valence-electron chi connectivity index (χ0n) is 26.9. The molecule has 2 saturated heterocycles. The second-order valence-corrected chi connectivity index (χ2v) is 12.1. The molecule has 0 radical (unpaired) electrons. The van der Waals surface area contributed by atoms with Crippen LogP contribution in [0.15, 0.2) is 48.7 Å². The van der Waals surface area contributed by atoms with Gasteiger partial charge in [-0.1, -0.05) is 30.9 Å². The molecule has 2 fully saturated rings. The third-order valence-electron chi connectivity index (χ3n) is 8.92. The van der Waals surface area contributed by atoms with E-state index in [0.717, 1.165) is 70.7 Å². The highest BCUT2D eigenvalue weighted by Gasteiger charge is 2.36. The molecule has 2 aliphatic rings. The molecule has 0 spiro atoms. The second kappa shape index (κ2) is 13.7. The molecule has 12 nitrogen and oxygen atoms in total. The van der Waals surface area contributed by atoms with Gasteiger partial charge in [-0.2, -0.15) is 0 Å². The number of H-pyrrole nitrogens is 2. The summed E-state index contributed by atoms with van der Waals surface area (Å²) in [6, 6.07) is 12.3. The van der Waals surface area contributed by atoms with Crippen LogP contribution in [0, 0.1) is 11.8 Å². The second-order valence-electron chi connectivity index (χ2n) is 12.1. The SMILES string of the molecule is CC[C@H](NC(=O)OC)C(=O)N1CCC[C@H]1c1nc2ccc(C#Cc3ccc(-c4cnc([C@@H]5CCCN5C(=O)C(C)N)[nH]4)cc3)cc2[nH]1. The van der Waals surface area contributed by atoms with Crippen molar-refractivity contribution in [3.8, 4) is 23.1 Å². The summed E-state index contributed by atoms with van der Waals surface area (Å²) >= 11 is 0. The highest BCUT2D eigenvalue weighted by molar-refractivity contribution is 5.86. The number of amides is 3. The molecule has 4 atom stereocenters. The van der Waals surface area contributed by atoms with E-state index in [9.17, 15) is 14.4 Å². The van der Waals surface area contributed by atoms with E-state index in [-0.39, 0.29) is 23.9 Å². The molecule has 47 heavy (non-hydrogen) atoms. The van der Waals surface area contributed by atoms with Gasteiger partial charge < -0.3 is 35.6 Å². The van der Waals surface area contributed by atoms with Gasteiger partial charge >= 0.3 is 6.09 Å². The number of alkyl carbamates (subject to hydrolysis) is 1. The van der Waals surface area contributed by atoms with Crippen LogP contribution < -0.4 is 11.1 Å². The van der Waals surface area contributed by atoms with Crippen LogP contribution >= 0.6 is 0 Å². The van der Waals surface area contributed by atoms with Crippen molar-refractivity contribution in [3.63, 3.8) is 0 Å². The standard InChI is InChI=1S/C35H40N8O4/c1-4-25(41-35(46)47-3)34(45)43-18-6-8-30(43)32-38-26-16-13-23(19-27(26)39-32)10-9-22-11-14-24(15-12-22)28-20-37-31(40-28)29-7-5-17-42(29)33(44)21(2)36/h11-16,19-21,25,29-30H,4-8,17-18,36H2,1-3H3,(H,37,40)(H,38,39)(H,41,46)/t21?,25-,29-,30-/m0/s1. The molecule has 12 heteroatoms. The third-order valence-corrected chi connectivity index (χ3v) is 8.92. The van der Waals surface area contributed by atoms with Crippen molar-refractivity contribution in [2.24, 2.45) is 5.73 Å². The van der Waals surface area contributed by atoms with E-state index < -0.39 is 18.2 Å². The summed E-state index contributed by atoms with van der Waals surface area (Å²) in [5, 5.41) is 2.64. The maximum Gasteiger partial charge on any atom is 0.407 e. The Morgan fingerprint density at radius 1 is 0.979 bits per heavy atom. The van der Waals surface area contributed by atoms with Gasteiger partial charge in [0, 0.05) is 24.2 Å². The number of nitrogens with two attached hydrogens (primary N) is 1. The van der Waals surface area contributed by atoms with Crippen molar-refractivity contribution in [2.45, 2.75) is 70.1 Å². The van der Waals surface area contributed by atoms with Crippen LogP contribution in [-0.2, 0) is 14.3 Å². The Labute approximate surface area is 273 Å². The minimum atomic E-state index is -0.652. The number of rotatable bonds is 7. The highest BCUT2D eigenvalue weighted by Crippen LogP contribution is 2.33. The van der Waals surface area contributed by atoms with Crippen molar-refractivity contribution in [2.75, 3.05) is 20.2 Å². The molecule has 0 saturated carbocycles. The number of nitrogens with one attached hydrogen (secondary N) is 3. The first kappa shape index (κ1) is 31.8. The average Bonchev–Trinajstić information content (AvgIpc) is 3.91. The van der Waals surface area contributed by atoms with E-state index in [1.807, 2.05) is 54.3 Å². The van der Waals surface area contributed by atoms with Crippen LogP contribution in [0.5, 0.6) is 0 Å². The van der Waals surface area contributed by atoms with Gasteiger partial charge in [0.15, 0.2) is 0 Å². The number of carbonyl (C=O) groups excluding carboxylic acids is 3. The molecule has 244 valence electrons. The van der Waals surface area contributed by atoms with Gasteiger partial charge in [-0.15, -0.1) is 0 Å². The lowest BCUT2D eigenvalue weighted by Gasteiger charge is -2.27. The lowest BCUT2D eigenvalue weighted by Crippen LogP contribution is -2.48. The molecular formula is C35H40N8O4. The molecule has 2 aliphatic heterocycles. The van der Waals surface area contributed by atoms with Gasteiger partial charge in [0.05, 0.1) is 48.2 Å². The van der Waals surface area contributed by atoms with Crippen molar-refractivity contribution < 1.29 is 19.1 Å². The maximum atomic E-state index is 13.3. The number of methoxy groups -OCH3 is 1. The number of benzene rings is 2. The van der Waals surface area contributed by atoms with Crippen LogP contribution in [0.4, 0.5) is 4.79 Å². The largest absolute Gasteiger partial charge is 0.453 e. The highest BCUT2D eigenvalue weighted by atomic mass is 16.5. The van der Waals surface area contributed by atoms with Crippen molar-refractivity contribution in [1.82, 2.24) is 35.1 Å². The van der Waals surface area contributed by atoms with Gasteiger partial charge in [-0.3, -0.25) is 9.59 Å². The number of likely N-dealkylation sites (tertiary alicyclic amines) is 2. The Bertz CT molecular complexity index is 1830. The number of hydrogen-bond acceptors (Lipinski definition) is 7.